The number of rotatable bonds is 2. The van der Waals surface area contributed by atoms with E-state index >= 15 is 0 Å². The van der Waals surface area contributed by atoms with Crippen molar-refractivity contribution in [2.75, 3.05) is 0 Å². The Labute approximate surface area is 126 Å². The van der Waals surface area contributed by atoms with E-state index in [-0.39, 0.29) is 11.5 Å². The van der Waals surface area contributed by atoms with Gasteiger partial charge in [-0.25, -0.2) is 4.98 Å². The summed E-state index contributed by atoms with van der Waals surface area (Å²) in [6, 6.07) is 9.53. The Morgan fingerprint density at radius 2 is 1.41 bits per heavy atom. The van der Waals surface area contributed by atoms with Crippen molar-refractivity contribution in [1.82, 2.24) is 19.9 Å². The normalized spacial score (nSPS) is 9.73. The quantitative estimate of drug-likeness (QED) is 0.676. The summed E-state index contributed by atoms with van der Waals surface area (Å²) >= 11 is 0. The van der Waals surface area contributed by atoms with E-state index in [2.05, 4.69) is 24.8 Å². The van der Waals surface area contributed by atoms with Crippen molar-refractivity contribution >= 4 is 5.82 Å². The van der Waals surface area contributed by atoms with Gasteiger partial charge < -0.3 is 4.85 Å². The Morgan fingerprint density at radius 3 is 1.82 bits per heavy atom. The van der Waals surface area contributed by atoms with Crippen molar-refractivity contribution in [3.63, 3.8) is 0 Å². The SMILES string of the molecule is [C-]#[N+]c1cnc(-c2ccc(-c3cnc(C#N)cn3)cc2)cn1. The third kappa shape index (κ3) is 2.62. The van der Waals surface area contributed by atoms with Crippen LogP contribution in [-0.2, 0) is 0 Å². The molecule has 6 heteroatoms. The van der Waals surface area contributed by atoms with Gasteiger partial charge >= 0.3 is 0 Å². The van der Waals surface area contributed by atoms with Gasteiger partial charge in [0.15, 0.2) is 5.69 Å². The molecule has 0 spiro atoms. The molecule has 1 aromatic carbocycles. The summed E-state index contributed by atoms with van der Waals surface area (Å²) in [6.45, 7) is 6.86. The highest BCUT2D eigenvalue weighted by molar-refractivity contribution is 5.66. The van der Waals surface area contributed by atoms with Crippen molar-refractivity contribution in [3.8, 4) is 28.6 Å². The van der Waals surface area contributed by atoms with E-state index in [4.69, 9.17) is 11.8 Å². The maximum Gasteiger partial charge on any atom is 0.287 e. The molecule has 3 rings (SSSR count). The summed E-state index contributed by atoms with van der Waals surface area (Å²) in [4.78, 5) is 19.6. The first-order chi connectivity index (χ1) is 10.8. The fraction of sp³-hybridized carbons (Fsp3) is 0. The average molecular weight is 284 g/mol. The van der Waals surface area contributed by atoms with E-state index in [9.17, 15) is 0 Å². The van der Waals surface area contributed by atoms with Gasteiger partial charge in [0.25, 0.3) is 5.82 Å². The number of hydrogen-bond donors (Lipinski definition) is 0. The smallest absolute Gasteiger partial charge is 0.287 e. The molecule has 0 saturated heterocycles. The zero-order valence-corrected chi connectivity index (χ0v) is 11.3. The van der Waals surface area contributed by atoms with Crippen LogP contribution >= 0.6 is 0 Å². The van der Waals surface area contributed by atoms with Gasteiger partial charge in [0.05, 0.1) is 24.3 Å². The number of hydrogen-bond acceptors (Lipinski definition) is 5. The van der Waals surface area contributed by atoms with Crippen LogP contribution in [0.25, 0.3) is 27.4 Å². The molecule has 2 heterocycles. The maximum absolute atomic E-state index is 8.72. The summed E-state index contributed by atoms with van der Waals surface area (Å²) in [7, 11) is 0. The highest BCUT2D eigenvalue weighted by Crippen LogP contribution is 2.22. The molecule has 0 aliphatic carbocycles. The summed E-state index contributed by atoms with van der Waals surface area (Å²) in [6.07, 6.45) is 6.03. The number of aromatic nitrogens is 4. The number of benzene rings is 1. The third-order valence-electron chi connectivity index (χ3n) is 3.00. The first-order valence-corrected chi connectivity index (χ1v) is 6.32. The summed E-state index contributed by atoms with van der Waals surface area (Å²) in [5.41, 5.74) is 3.47. The number of nitrogens with zero attached hydrogens (tertiary/aromatic N) is 6. The van der Waals surface area contributed by atoms with Crippen LogP contribution < -0.4 is 0 Å². The predicted octanol–water partition coefficient (Wildman–Crippen LogP) is 3.02. The summed E-state index contributed by atoms with van der Waals surface area (Å²) in [5, 5.41) is 8.72. The Bertz CT molecular complexity index is 792. The second-order valence-corrected chi connectivity index (χ2v) is 4.35. The van der Waals surface area contributed by atoms with Crippen LogP contribution in [-0.4, -0.2) is 19.9 Å². The molecule has 0 aliphatic rings. The lowest BCUT2D eigenvalue weighted by Gasteiger charge is -2.02. The van der Waals surface area contributed by atoms with E-state index in [1.165, 1.54) is 12.4 Å². The molecule has 0 radical (unpaired) electrons. The zero-order valence-electron chi connectivity index (χ0n) is 11.3. The molecule has 6 nitrogen and oxygen atoms in total. The van der Waals surface area contributed by atoms with Crippen molar-refractivity contribution in [3.05, 3.63) is 66.2 Å². The van der Waals surface area contributed by atoms with Gasteiger partial charge in [-0.2, -0.15) is 5.26 Å². The van der Waals surface area contributed by atoms with Gasteiger partial charge in [0.2, 0.25) is 0 Å². The molecule has 22 heavy (non-hydrogen) atoms. The first-order valence-electron chi connectivity index (χ1n) is 6.32. The second-order valence-electron chi connectivity index (χ2n) is 4.35. The van der Waals surface area contributed by atoms with E-state index in [1.54, 1.807) is 12.4 Å². The van der Waals surface area contributed by atoms with Crippen LogP contribution in [0, 0.1) is 17.9 Å². The fourth-order valence-electron chi connectivity index (χ4n) is 1.87. The highest BCUT2D eigenvalue weighted by atomic mass is 14.9. The maximum atomic E-state index is 8.72. The molecule has 0 amide bonds. The largest absolute Gasteiger partial charge is 0.359 e. The van der Waals surface area contributed by atoms with Gasteiger partial charge in [0, 0.05) is 11.1 Å². The predicted molar refractivity (Wildman–Crippen MR) is 79.5 cm³/mol. The third-order valence-corrected chi connectivity index (χ3v) is 3.00. The first kappa shape index (κ1) is 13.3. The van der Waals surface area contributed by atoms with Crippen molar-refractivity contribution in [1.29, 1.82) is 5.26 Å². The molecule has 102 valence electrons. The van der Waals surface area contributed by atoms with Crippen molar-refractivity contribution < 1.29 is 0 Å². The van der Waals surface area contributed by atoms with Crippen LogP contribution in [0.4, 0.5) is 5.82 Å². The van der Waals surface area contributed by atoms with Crippen LogP contribution in [0.5, 0.6) is 0 Å². The lowest BCUT2D eigenvalue weighted by molar-refractivity contribution is 1.17. The van der Waals surface area contributed by atoms with Crippen LogP contribution in [0.1, 0.15) is 5.69 Å². The Morgan fingerprint density at radius 1 is 0.818 bits per heavy atom. The van der Waals surface area contributed by atoms with Crippen molar-refractivity contribution in [2.45, 2.75) is 0 Å². The molecule has 0 N–H and O–H groups in total. The average Bonchev–Trinajstić information content (AvgIpc) is 2.62. The van der Waals surface area contributed by atoms with Gasteiger partial charge in [0.1, 0.15) is 18.0 Å². The Balaban J connectivity index is 1.88. The Kier molecular flexibility index (Phi) is 3.51. The Hall–Kier alpha value is -3.64. The monoisotopic (exact) mass is 284 g/mol. The lowest BCUT2D eigenvalue weighted by atomic mass is 10.1. The van der Waals surface area contributed by atoms with Crippen LogP contribution in [0.15, 0.2) is 49.1 Å². The van der Waals surface area contributed by atoms with Gasteiger partial charge in [-0.1, -0.05) is 30.8 Å². The minimum Gasteiger partial charge on any atom is -0.359 e. The van der Waals surface area contributed by atoms with Crippen LogP contribution in [0.3, 0.4) is 0 Å². The molecule has 0 unspecified atom stereocenters. The van der Waals surface area contributed by atoms with E-state index < -0.39 is 0 Å². The van der Waals surface area contributed by atoms with E-state index in [0.29, 0.717) is 11.4 Å². The topological polar surface area (TPSA) is 79.7 Å². The fourth-order valence-corrected chi connectivity index (χ4v) is 1.87. The standard InChI is InChI=1S/C16H8N6/c1-18-16-10-21-15(9-22-16)12-4-2-11(3-5-12)14-8-19-13(6-17)7-20-14/h2-5,7-10H. The minimum atomic E-state index is 0.272. The molecular weight excluding hydrogens is 276 g/mol. The second kappa shape index (κ2) is 5.78. The molecule has 2 aromatic heterocycles. The van der Waals surface area contributed by atoms with Gasteiger partial charge in [-0.05, 0) is 0 Å². The molecule has 0 fully saturated rings. The van der Waals surface area contributed by atoms with Gasteiger partial charge in [-0.3, -0.25) is 9.97 Å². The lowest BCUT2D eigenvalue weighted by Crippen LogP contribution is -1.89. The van der Waals surface area contributed by atoms with Crippen LogP contribution in [0.2, 0.25) is 0 Å². The summed E-state index contributed by atoms with van der Waals surface area (Å²) in [5.74, 6) is 0.272. The van der Waals surface area contributed by atoms with E-state index in [1.807, 2.05) is 30.3 Å². The van der Waals surface area contributed by atoms with E-state index in [0.717, 1.165) is 11.1 Å². The molecule has 0 atom stereocenters. The molecule has 3 aromatic rings. The van der Waals surface area contributed by atoms with Gasteiger partial charge in [-0.15, -0.1) is 4.98 Å². The molecule has 0 bridgehead atoms. The molecular formula is C16H8N6. The molecule has 0 saturated carbocycles. The number of nitriles is 1. The minimum absolute atomic E-state index is 0.272. The summed E-state index contributed by atoms with van der Waals surface area (Å²) < 4.78 is 0. The highest BCUT2D eigenvalue weighted by Gasteiger charge is 2.05. The van der Waals surface area contributed by atoms with Crippen molar-refractivity contribution in [2.24, 2.45) is 0 Å². The molecule has 0 aliphatic heterocycles. The zero-order chi connectivity index (χ0) is 15.4.